The zero-order chi connectivity index (χ0) is 18.8. The van der Waals surface area contributed by atoms with Gasteiger partial charge in [-0.05, 0) is 26.0 Å². The highest BCUT2D eigenvalue weighted by molar-refractivity contribution is 14.0. The predicted octanol–water partition coefficient (Wildman–Crippen LogP) is 2.25. The van der Waals surface area contributed by atoms with Crippen LogP contribution in [0.3, 0.4) is 0 Å². The van der Waals surface area contributed by atoms with Crippen LogP contribution in [0.5, 0.6) is 5.75 Å². The fraction of sp³-hybridized carbons (Fsp3) is 0.650. The van der Waals surface area contributed by atoms with Gasteiger partial charge in [-0.2, -0.15) is 0 Å². The van der Waals surface area contributed by atoms with Gasteiger partial charge in [-0.3, -0.25) is 0 Å². The van der Waals surface area contributed by atoms with Crippen LogP contribution in [0.2, 0.25) is 0 Å². The molecule has 1 aliphatic rings. The molecule has 1 aliphatic heterocycles. The van der Waals surface area contributed by atoms with Crippen LogP contribution in [0.25, 0.3) is 0 Å². The van der Waals surface area contributed by atoms with Gasteiger partial charge in [0.25, 0.3) is 0 Å². The van der Waals surface area contributed by atoms with Crippen LogP contribution < -0.4 is 15.4 Å². The molecule has 0 saturated carbocycles. The van der Waals surface area contributed by atoms with Gasteiger partial charge < -0.3 is 25.2 Å². The molecule has 1 heterocycles. The van der Waals surface area contributed by atoms with Crippen LogP contribution in [0, 0.1) is 5.92 Å². The number of guanidine groups is 1. The average molecular weight is 489 g/mol. The molecule has 0 bridgehead atoms. The predicted molar refractivity (Wildman–Crippen MR) is 124 cm³/mol. The summed E-state index contributed by atoms with van der Waals surface area (Å²) in [5.41, 5.74) is 1.10. The molecule has 1 aromatic rings. The fourth-order valence-electron chi connectivity index (χ4n) is 3.15. The molecule has 0 radical (unpaired) electrons. The normalized spacial score (nSPS) is 17.1. The van der Waals surface area contributed by atoms with E-state index in [-0.39, 0.29) is 24.0 Å². The van der Waals surface area contributed by atoms with Crippen molar-refractivity contribution in [3.63, 3.8) is 0 Å². The summed E-state index contributed by atoms with van der Waals surface area (Å²) in [4.78, 5) is 9.67. The number of hydrogen-bond donors (Lipinski definition) is 2. The highest BCUT2D eigenvalue weighted by atomic mass is 127. The van der Waals surface area contributed by atoms with E-state index < -0.39 is 0 Å². The number of likely N-dealkylation sites (N-methyl/N-ethyl adjacent to an activating group) is 1. The Hall–Kier alpha value is -1.06. The van der Waals surface area contributed by atoms with Crippen LogP contribution in [-0.4, -0.2) is 75.7 Å². The smallest absolute Gasteiger partial charge is 0.191 e. The molecule has 1 saturated heterocycles. The van der Waals surface area contributed by atoms with Crippen molar-refractivity contribution in [2.24, 2.45) is 10.9 Å². The van der Waals surface area contributed by atoms with Crippen molar-refractivity contribution >= 4 is 29.9 Å². The fourth-order valence-corrected chi connectivity index (χ4v) is 3.15. The van der Waals surface area contributed by atoms with Gasteiger partial charge in [0.15, 0.2) is 5.96 Å². The molecule has 0 spiro atoms. The van der Waals surface area contributed by atoms with Crippen LogP contribution in [-0.2, 0) is 6.54 Å². The number of ether oxygens (including phenoxy) is 1. The van der Waals surface area contributed by atoms with E-state index in [0.29, 0.717) is 12.5 Å². The number of halogens is 1. The molecule has 1 atom stereocenters. The number of methoxy groups -OCH3 is 1. The minimum atomic E-state index is 0. The van der Waals surface area contributed by atoms with Gasteiger partial charge >= 0.3 is 0 Å². The Bertz CT molecular complexity index is 561. The Kier molecular flexibility index (Phi) is 11.7. The molecule has 1 fully saturated rings. The minimum Gasteiger partial charge on any atom is -0.496 e. The Morgan fingerprint density at radius 1 is 1.19 bits per heavy atom. The monoisotopic (exact) mass is 489 g/mol. The van der Waals surface area contributed by atoms with Crippen LogP contribution in [0.1, 0.15) is 19.4 Å². The molecule has 0 amide bonds. The Morgan fingerprint density at radius 2 is 1.89 bits per heavy atom. The highest BCUT2D eigenvalue weighted by Crippen LogP contribution is 2.17. The second-order valence-corrected chi connectivity index (χ2v) is 7.10. The SMILES string of the molecule is CCNC(=NCc1ccccc1OC)NCC(C)CN1CCN(C)CC1.I. The maximum atomic E-state index is 5.41. The zero-order valence-corrected chi connectivity index (χ0v) is 19.5. The van der Waals surface area contributed by atoms with Gasteiger partial charge in [0.05, 0.1) is 13.7 Å². The summed E-state index contributed by atoms with van der Waals surface area (Å²) >= 11 is 0. The molecule has 1 unspecified atom stereocenters. The van der Waals surface area contributed by atoms with Crippen LogP contribution >= 0.6 is 24.0 Å². The zero-order valence-electron chi connectivity index (χ0n) is 17.2. The number of hydrogen-bond acceptors (Lipinski definition) is 4. The lowest BCUT2D eigenvalue weighted by atomic mass is 10.1. The second-order valence-electron chi connectivity index (χ2n) is 7.10. The van der Waals surface area contributed by atoms with Crippen molar-refractivity contribution < 1.29 is 4.74 Å². The maximum Gasteiger partial charge on any atom is 0.191 e. The van der Waals surface area contributed by atoms with Crippen molar-refractivity contribution in [3.8, 4) is 5.75 Å². The van der Waals surface area contributed by atoms with E-state index in [1.54, 1.807) is 7.11 Å². The summed E-state index contributed by atoms with van der Waals surface area (Å²) in [6.45, 7) is 12.6. The molecule has 1 aromatic carbocycles. The van der Waals surface area contributed by atoms with E-state index >= 15 is 0 Å². The summed E-state index contributed by atoms with van der Waals surface area (Å²) in [5, 5.41) is 6.82. The number of nitrogens with zero attached hydrogens (tertiary/aromatic N) is 3. The number of para-hydroxylation sites is 1. The van der Waals surface area contributed by atoms with Gasteiger partial charge in [0.2, 0.25) is 0 Å². The van der Waals surface area contributed by atoms with E-state index in [9.17, 15) is 0 Å². The molecule has 0 aliphatic carbocycles. The Balaban J connectivity index is 0.00000364. The number of nitrogens with one attached hydrogen (secondary N) is 2. The van der Waals surface area contributed by atoms with Crippen molar-refractivity contribution in [1.82, 2.24) is 20.4 Å². The lowest BCUT2D eigenvalue weighted by molar-refractivity contribution is 0.139. The first kappa shape index (κ1) is 24.0. The largest absolute Gasteiger partial charge is 0.496 e. The number of rotatable bonds is 8. The molecule has 27 heavy (non-hydrogen) atoms. The van der Waals surface area contributed by atoms with E-state index in [2.05, 4.69) is 47.4 Å². The third kappa shape index (κ3) is 8.66. The third-order valence-electron chi connectivity index (χ3n) is 4.73. The van der Waals surface area contributed by atoms with E-state index in [1.165, 1.54) is 26.2 Å². The van der Waals surface area contributed by atoms with Gasteiger partial charge in [-0.15, -0.1) is 24.0 Å². The highest BCUT2D eigenvalue weighted by Gasteiger charge is 2.16. The van der Waals surface area contributed by atoms with E-state index in [0.717, 1.165) is 36.9 Å². The summed E-state index contributed by atoms with van der Waals surface area (Å²) in [5.74, 6) is 2.33. The summed E-state index contributed by atoms with van der Waals surface area (Å²) in [6, 6.07) is 8.03. The minimum absolute atomic E-state index is 0. The molecule has 6 nitrogen and oxygen atoms in total. The van der Waals surface area contributed by atoms with Crippen molar-refractivity contribution in [2.75, 3.05) is 60.0 Å². The van der Waals surface area contributed by atoms with Crippen molar-refractivity contribution in [1.29, 1.82) is 0 Å². The summed E-state index contributed by atoms with van der Waals surface area (Å²) < 4.78 is 5.41. The number of piperazine rings is 1. The van der Waals surface area contributed by atoms with E-state index in [1.807, 2.05) is 18.2 Å². The lowest BCUT2D eigenvalue weighted by Gasteiger charge is -2.34. The first-order valence-electron chi connectivity index (χ1n) is 9.67. The molecule has 2 N–H and O–H groups in total. The molecule has 154 valence electrons. The Labute approximate surface area is 181 Å². The number of aliphatic imine (C=N–C) groups is 1. The standard InChI is InChI=1S/C20H35N5O.HI/c1-5-21-20(23-15-18-8-6-7-9-19(18)26-4)22-14-17(2)16-25-12-10-24(3)11-13-25;/h6-9,17H,5,10-16H2,1-4H3,(H2,21,22,23);1H. The molecular formula is C20H36IN5O. The molecule has 2 rings (SSSR count). The molecular weight excluding hydrogens is 453 g/mol. The lowest BCUT2D eigenvalue weighted by Crippen LogP contribution is -2.47. The quantitative estimate of drug-likeness (QED) is 0.334. The van der Waals surface area contributed by atoms with Crippen LogP contribution in [0.4, 0.5) is 0 Å². The van der Waals surface area contributed by atoms with Crippen molar-refractivity contribution in [2.45, 2.75) is 20.4 Å². The third-order valence-corrected chi connectivity index (χ3v) is 4.73. The number of benzene rings is 1. The Morgan fingerprint density at radius 3 is 2.56 bits per heavy atom. The molecule has 7 heteroatoms. The van der Waals surface area contributed by atoms with Gasteiger partial charge in [-0.1, -0.05) is 25.1 Å². The second kappa shape index (κ2) is 13.2. The van der Waals surface area contributed by atoms with Crippen LogP contribution in [0.15, 0.2) is 29.3 Å². The summed E-state index contributed by atoms with van der Waals surface area (Å²) in [7, 11) is 3.90. The summed E-state index contributed by atoms with van der Waals surface area (Å²) in [6.07, 6.45) is 0. The van der Waals surface area contributed by atoms with Gasteiger partial charge in [-0.25, -0.2) is 4.99 Å². The van der Waals surface area contributed by atoms with Crippen molar-refractivity contribution in [3.05, 3.63) is 29.8 Å². The molecule has 0 aromatic heterocycles. The van der Waals surface area contributed by atoms with Gasteiger partial charge in [0, 0.05) is 51.4 Å². The maximum absolute atomic E-state index is 5.41. The first-order chi connectivity index (χ1) is 12.6. The first-order valence-corrected chi connectivity index (χ1v) is 9.67. The van der Waals surface area contributed by atoms with E-state index in [4.69, 9.17) is 9.73 Å². The topological polar surface area (TPSA) is 52.1 Å². The average Bonchev–Trinajstić information content (AvgIpc) is 2.66. The van der Waals surface area contributed by atoms with Gasteiger partial charge in [0.1, 0.15) is 5.75 Å².